The lowest BCUT2D eigenvalue weighted by Crippen LogP contribution is -2.24. The molecule has 0 fully saturated rings. The Balaban J connectivity index is 1.48. The summed E-state index contributed by atoms with van der Waals surface area (Å²) in [4.78, 5) is 17.7. The quantitative estimate of drug-likeness (QED) is 0.461. The molecule has 1 N–H and O–H groups in total. The van der Waals surface area contributed by atoms with E-state index in [2.05, 4.69) is 59.3 Å². The number of imidazole rings is 1. The smallest absolute Gasteiger partial charge is 0.261 e. The number of benzene rings is 2. The highest BCUT2D eigenvalue weighted by Crippen LogP contribution is 2.20. The zero-order valence-electron chi connectivity index (χ0n) is 15.9. The van der Waals surface area contributed by atoms with Gasteiger partial charge in [-0.3, -0.25) is 4.79 Å². The average Bonchev–Trinajstić information content (AvgIpc) is 3.36. The summed E-state index contributed by atoms with van der Waals surface area (Å²) >= 11 is 1.46. The predicted octanol–water partition coefficient (Wildman–Crippen LogP) is 4.82. The van der Waals surface area contributed by atoms with Crippen molar-refractivity contribution in [3.05, 3.63) is 87.9 Å². The van der Waals surface area contributed by atoms with Crippen LogP contribution >= 0.6 is 11.3 Å². The van der Waals surface area contributed by atoms with Crippen LogP contribution in [0, 0.1) is 6.92 Å². The molecule has 0 aliphatic rings. The predicted molar refractivity (Wildman–Crippen MR) is 115 cm³/mol. The van der Waals surface area contributed by atoms with Gasteiger partial charge in [-0.05, 0) is 48.1 Å². The summed E-state index contributed by atoms with van der Waals surface area (Å²) in [6.07, 6.45) is 1.68. The molecule has 0 atom stereocenters. The molecule has 4 nitrogen and oxygen atoms in total. The number of aryl methyl sites for hydroxylation is 2. The summed E-state index contributed by atoms with van der Waals surface area (Å²) in [5, 5.41) is 4.92. The molecule has 2 aromatic carbocycles. The number of nitrogens with zero attached hydrogens (tertiary/aromatic N) is 2. The maximum Gasteiger partial charge on any atom is 0.261 e. The SMILES string of the molecule is Cc1ccccc1Cn1c(CCCNC(=O)c2cccs2)nc2ccccc21. The number of nitrogens with one attached hydrogen (secondary N) is 1. The highest BCUT2D eigenvalue weighted by atomic mass is 32.1. The maximum atomic E-state index is 12.1. The van der Waals surface area contributed by atoms with E-state index in [0.717, 1.165) is 41.1 Å². The number of carbonyl (C=O) groups excluding carboxylic acids is 1. The molecule has 5 heteroatoms. The summed E-state index contributed by atoms with van der Waals surface area (Å²) in [5.41, 5.74) is 4.77. The van der Waals surface area contributed by atoms with E-state index >= 15 is 0 Å². The summed E-state index contributed by atoms with van der Waals surface area (Å²) in [7, 11) is 0. The Morgan fingerprint density at radius 3 is 2.71 bits per heavy atom. The zero-order chi connectivity index (χ0) is 19.3. The normalized spacial score (nSPS) is 11.0. The molecule has 0 spiro atoms. The highest BCUT2D eigenvalue weighted by molar-refractivity contribution is 7.12. The van der Waals surface area contributed by atoms with Crippen molar-refractivity contribution in [3.8, 4) is 0 Å². The van der Waals surface area contributed by atoms with Gasteiger partial charge < -0.3 is 9.88 Å². The molecule has 1 amide bonds. The standard InChI is InChI=1S/C23H23N3OS/c1-17-8-2-3-9-18(17)16-26-20-11-5-4-10-19(20)25-22(26)13-6-14-24-23(27)21-12-7-15-28-21/h2-5,7-12,15H,6,13-14,16H2,1H3,(H,24,27). The van der Waals surface area contributed by atoms with Crippen molar-refractivity contribution in [2.75, 3.05) is 6.54 Å². The van der Waals surface area contributed by atoms with Gasteiger partial charge in [0.1, 0.15) is 5.82 Å². The van der Waals surface area contributed by atoms with Gasteiger partial charge in [-0.15, -0.1) is 11.3 Å². The Bertz CT molecular complexity index is 1080. The fourth-order valence-electron chi connectivity index (χ4n) is 3.39. The van der Waals surface area contributed by atoms with E-state index in [1.54, 1.807) is 0 Å². The number of para-hydroxylation sites is 2. The van der Waals surface area contributed by atoms with Crippen LogP contribution in [0.4, 0.5) is 0 Å². The Morgan fingerprint density at radius 2 is 1.89 bits per heavy atom. The van der Waals surface area contributed by atoms with E-state index in [9.17, 15) is 4.79 Å². The van der Waals surface area contributed by atoms with Crippen LogP contribution in [0.3, 0.4) is 0 Å². The van der Waals surface area contributed by atoms with Crippen molar-refractivity contribution < 1.29 is 4.79 Å². The van der Waals surface area contributed by atoms with Crippen LogP contribution in [0.2, 0.25) is 0 Å². The second-order valence-electron chi connectivity index (χ2n) is 6.87. The minimum absolute atomic E-state index is 0.00316. The molecule has 0 aliphatic heterocycles. The van der Waals surface area contributed by atoms with E-state index in [4.69, 9.17) is 4.98 Å². The van der Waals surface area contributed by atoms with Crippen LogP contribution in [0.15, 0.2) is 66.0 Å². The molecule has 2 heterocycles. The van der Waals surface area contributed by atoms with E-state index < -0.39 is 0 Å². The fourth-order valence-corrected chi connectivity index (χ4v) is 4.03. The zero-order valence-corrected chi connectivity index (χ0v) is 16.7. The average molecular weight is 390 g/mol. The maximum absolute atomic E-state index is 12.1. The van der Waals surface area contributed by atoms with Crippen LogP contribution in [-0.4, -0.2) is 22.0 Å². The first kappa shape index (κ1) is 18.4. The van der Waals surface area contributed by atoms with Crippen molar-refractivity contribution in [2.45, 2.75) is 26.3 Å². The molecule has 0 saturated carbocycles. The lowest BCUT2D eigenvalue weighted by Gasteiger charge is -2.12. The van der Waals surface area contributed by atoms with Crippen LogP contribution in [-0.2, 0) is 13.0 Å². The second kappa shape index (κ2) is 8.40. The van der Waals surface area contributed by atoms with Gasteiger partial charge in [0.2, 0.25) is 0 Å². The molecule has 142 valence electrons. The van der Waals surface area contributed by atoms with E-state index in [1.807, 2.05) is 23.6 Å². The number of aromatic nitrogens is 2. The molecule has 0 unspecified atom stereocenters. The van der Waals surface area contributed by atoms with Crippen molar-refractivity contribution >= 4 is 28.3 Å². The molecule has 4 rings (SSSR count). The number of amides is 1. The van der Waals surface area contributed by atoms with Crippen LogP contribution < -0.4 is 5.32 Å². The molecular weight excluding hydrogens is 366 g/mol. The van der Waals surface area contributed by atoms with Crippen LogP contribution in [0.1, 0.15) is 33.0 Å². The topological polar surface area (TPSA) is 46.9 Å². The third-order valence-corrected chi connectivity index (χ3v) is 5.80. The Hall–Kier alpha value is -2.92. The van der Waals surface area contributed by atoms with Crippen molar-refractivity contribution in [1.29, 1.82) is 0 Å². The second-order valence-corrected chi connectivity index (χ2v) is 7.81. The first-order valence-corrected chi connectivity index (χ1v) is 10.4. The third-order valence-electron chi connectivity index (χ3n) is 4.93. The Morgan fingerprint density at radius 1 is 1.07 bits per heavy atom. The van der Waals surface area contributed by atoms with Crippen LogP contribution in [0.5, 0.6) is 0 Å². The van der Waals surface area contributed by atoms with Gasteiger partial charge in [0.15, 0.2) is 0 Å². The van der Waals surface area contributed by atoms with E-state index in [0.29, 0.717) is 6.54 Å². The monoisotopic (exact) mass is 389 g/mol. The molecular formula is C23H23N3OS. The van der Waals surface area contributed by atoms with Gasteiger partial charge in [0, 0.05) is 19.5 Å². The van der Waals surface area contributed by atoms with Crippen molar-refractivity contribution in [2.24, 2.45) is 0 Å². The number of thiophene rings is 1. The molecule has 0 bridgehead atoms. The lowest BCUT2D eigenvalue weighted by atomic mass is 10.1. The number of carbonyl (C=O) groups is 1. The molecule has 2 aromatic heterocycles. The Kier molecular flexibility index (Phi) is 5.53. The minimum atomic E-state index is 0.00316. The number of hydrogen-bond acceptors (Lipinski definition) is 3. The lowest BCUT2D eigenvalue weighted by molar-refractivity contribution is 0.0957. The summed E-state index contributed by atoms with van der Waals surface area (Å²) < 4.78 is 2.30. The minimum Gasteiger partial charge on any atom is -0.351 e. The largest absolute Gasteiger partial charge is 0.351 e. The van der Waals surface area contributed by atoms with Crippen molar-refractivity contribution in [3.63, 3.8) is 0 Å². The number of hydrogen-bond donors (Lipinski definition) is 1. The van der Waals surface area contributed by atoms with Gasteiger partial charge >= 0.3 is 0 Å². The van der Waals surface area contributed by atoms with Gasteiger partial charge in [0.05, 0.1) is 15.9 Å². The van der Waals surface area contributed by atoms with Gasteiger partial charge in [-0.2, -0.15) is 0 Å². The number of fused-ring (bicyclic) bond motifs is 1. The molecule has 0 aliphatic carbocycles. The summed E-state index contributed by atoms with van der Waals surface area (Å²) in [5.74, 6) is 1.07. The first-order chi connectivity index (χ1) is 13.7. The molecule has 4 aromatic rings. The van der Waals surface area contributed by atoms with Crippen LogP contribution in [0.25, 0.3) is 11.0 Å². The molecule has 0 radical (unpaired) electrons. The summed E-state index contributed by atoms with van der Waals surface area (Å²) in [6, 6.07) is 20.5. The highest BCUT2D eigenvalue weighted by Gasteiger charge is 2.12. The van der Waals surface area contributed by atoms with Crippen molar-refractivity contribution in [1.82, 2.24) is 14.9 Å². The van der Waals surface area contributed by atoms with Gasteiger partial charge in [-0.1, -0.05) is 42.5 Å². The van der Waals surface area contributed by atoms with E-state index in [1.165, 1.54) is 22.5 Å². The first-order valence-electron chi connectivity index (χ1n) is 9.53. The molecule has 28 heavy (non-hydrogen) atoms. The van der Waals surface area contributed by atoms with Gasteiger partial charge in [0.25, 0.3) is 5.91 Å². The summed E-state index contributed by atoms with van der Waals surface area (Å²) in [6.45, 7) is 3.60. The third kappa shape index (κ3) is 3.99. The number of rotatable bonds is 7. The molecule has 0 saturated heterocycles. The fraction of sp³-hybridized carbons (Fsp3) is 0.217. The van der Waals surface area contributed by atoms with E-state index in [-0.39, 0.29) is 5.91 Å². The van der Waals surface area contributed by atoms with Gasteiger partial charge in [-0.25, -0.2) is 4.98 Å². The Labute approximate surface area is 168 Å².